The number of hydrogen-bond acceptors (Lipinski definition) is 6. The van der Waals surface area contributed by atoms with Gasteiger partial charge in [-0.3, -0.25) is 5.32 Å². The molecule has 0 bridgehead atoms. The summed E-state index contributed by atoms with van der Waals surface area (Å²) in [5, 5.41) is 11.1. The van der Waals surface area contributed by atoms with E-state index in [1.54, 1.807) is 11.8 Å². The van der Waals surface area contributed by atoms with Crippen molar-refractivity contribution in [3.63, 3.8) is 0 Å². The van der Waals surface area contributed by atoms with Crippen LogP contribution < -0.4 is 5.32 Å². The fourth-order valence-electron chi connectivity index (χ4n) is 1.73. The maximum absolute atomic E-state index is 11.4. The number of benzene rings is 1. The number of aliphatic imine (C=N–C) groups is 1. The van der Waals surface area contributed by atoms with Gasteiger partial charge in [0.25, 0.3) is 0 Å². The molecule has 0 radical (unpaired) electrons. The number of nitrogens with one attached hydrogen (secondary N) is 2. The van der Waals surface area contributed by atoms with Crippen molar-refractivity contribution >= 4 is 46.2 Å². The van der Waals surface area contributed by atoms with Crippen LogP contribution in [0.1, 0.15) is 32.3 Å². The molecule has 2 N–H and O–H groups in total. The molecule has 5 nitrogen and oxygen atoms in total. The van der Waals surface area contributed by atoms with Crippen LogP contribution in [0.4, 0.5) is 10.5 Å². The SMILES string of the molecule is CCCSc1ccc(C(=N)CC)c(N=C(NC(=O)OC)SC)c1. The average molecular weight is 354 g/mol. The summed E-state index contributed by atoms with van der Waals surface area (Å²) in [7, 11) is 1.31. The fraction of sp³-hybridized carbons (Fsp3) is 0.438. The number of rotatable bonds is 6. The number of amidine groups is 1. The van der Waals surface area contributed by atoms with E-state index in [0.717, 1.165) is 22.6 Å². The molecule has 0 fully saturated rings. The number of nitrogens with zero attached hydrogens (tertiary/aromatic N) is 1. The monoisotopic (exact) mass is 353 g/mol. The molecule has 23 heavy (non-hydrogen) atoms. The van der Waals surface area contributed by atoms with Crippen molar-refractivity contribution < 1.29 is 9.53 Å². The molecule has 0 saturated carbocycles. The number of alkyl carbamates (subject to hydrolysis) is 1. The Balaban J connectivity index is 3.20. The Bertz CT molecular complexity index is 589. The van der Waals surface area contributed by atoms with Crippen LogP contribution in [-0.2, 0) is 4.74 Å². The Hall–Kier alpha value is -1.47. The molecule has 0 aliphatic heterocycles. The average Bonchev–Trinajstić information content (AvgIpc) is 2.58. The summed E-state index contributed by atoms with van der Waals surface area (Å²) in [6.07, 6.45) is 3.00. The molecule has 7 heteroatoms. The number of hydrogen-bond donors (Lipinski definition) is 2. The lowest BCUT2D eigenvalue weighted by molar-refractivity contribution is 0.177. The number of carbonyl (C=O) groups excluding carboxylic acids is 1. The Kier molecular flexibility index (Phi) is 8.79. The van der Waals surface area contributed by atoms with Crippen molar-refractivity contribution in [1.82, 2.24) is 5.32 Å². The molecule has 1 aromatic carbocycles. The minimum absolute atomic E-state index is 0.444. The van der Waals surface area contributed by atoms with Gasteiger partial charge < -0.3 is 10.1 Å². The van der Waals surface area contributed by atoms with Gasteiger partial charge in [-0.1, -0.05) is 25.6 Å². The fourth-order valence-corrected chi connectivity index (χ4v) is 2.91. The van der Waals surface area contributed by atoms with Gasteiger partial charge in [-0.15, -0.1) is 11.8 Å². The number of carbonyl (C=O) groups is 1. The number of thioether (sulfide) groups is 2. The third-order valence-corrected chi connectivity index (χ3v) is 4.71. The molecule has 1 amide bonds. The summed E-state index contributed by atoms with van der Waals surface area (Å²) < 4.78 is 4.61. The van der Waals surface area contributed by atoms with E-state index in [4.69, 9.17) is 5.41 Å². The summed E-state index contributed by atoms with van der Waals surface area (Å²) in [5.74, 6) is 1.03. The number of methoxy groups -OCH3 is 1. The van der Waals surface area contributed by atoms with Crippen molar-refractivity contribution in [2.75, 3.05) is 19.1 Å². The lowest BCUT2D eigenvalue weighted by atomic mass is 10.1. The van der Waals surface area contributed by atoms with Crippen LogP contribution >= 0.6 is 23.5 Å². The van der Waals surface area contributed by atoms with E-state index in [2.05, 4.69) is 22.0 Å². The van der Waals surface area contributed by atoms with Crippen molar-refractivity contribution in [3.05, 3.63) is 23.8 Å². The molecule has 0 spiro atoms. The van der Waals surface area contributed by atoms with Crippen molar-refractivity contribution in [3.8, 4) is 0 Å². The quantitative estimate of drug-likeness (QED) is 0.442. The molecule has 0 saturated heterocycles. The van der Waals surface area contributed by atoms with Crippen LogP contribution in [0, 0.1) is 5.41 Å². The summed E-state index contributed by atoms with van der Waals surface area (Å²) in [4.78, 5) is 17.0. The van der Waals surface area contributed by atoms with Crippen LogP contribution in [-0.4, -0.2) is 36.1 Å². The first-order valence-electron chi connectivity index (χ1n) is 7.37. The van der Waals surface area contributed by atoms with E-state index in [0.29, 0.717) is 23.0 Å². The van der Waals surface area contributed by atoms with E-state index in [1.165, 1.54) is 18.9 Å². The second-order valence-corrected chi connectivity index (χ2v) is 6.56. The van der Waals surface area contributed by atoms with E-state index in [1.807, 2.05) is 31.4 Å². The Morgan fingerprint density at radius 1 is 1.39 bits per heavy atom. The van der Waals surface area contributed by atoms with Gasteiger partial charge in [-0.25, -0.2) is 9.79 Å². The Morgan fingerprint density at radius 2 is 2.13 bits per heavy atom. The lowest BCUT2D eigenvalue weighted by Crippen LogP contribution is -2.27. The lowest BCUT2D eigenvalue weighted by Gasteiger charge is -2.11. The van der Waals surface area contributed by atoms with Crippen molar-refractivity contribution in [1.29, 1.82) is 5.41 Å². The smallest absolute Gasteiger partial charge is 0.412 e. The summed E-state index contributed by atoms with van der Waals surface area (Å²) in [6, 6.07) is 5.92. The molecular formula is C16H23N3O2S2. The van der Waals surface area contributed by atoms with E-state index < -0.39 is 6.09 Å². The molecule has 0 aromatic heterocycles. The standard InChI is InChI=1S/C16H23N3O2S2/c1-5-9-23-11-7-8-12(13(17)6-2)14(10-11)18-15(22-4)19-16(20)21-3/h7-8,10,17H,5-6,9H2,1-4H3,(H,18,19,20). The zero-order valence-corrected chi connectivity index (χ0v) is 15.6. The van der Waals surface area contributed by atoms with Crippen LogP contribution in [0.3, 0.4) is 0 Å². The van der Waals surface area contributed by atoms with Gasteiger partial charge in [-0.05, 0) is 43.0 Å². The molecule has 1 rings (SSSR count). The normalized spacial score (nSPS) is 11.2. The van der Waals surface area contributed by atoms with Gasteiger partial charge in [0.1, 0.15) is 0 Å². The van der Waals surface area contributed by atoms with Crippen molar-refractivity contribution in [2.45, 2.75) is 31.6 Å². The Morgan fingerprint density at radius 3 is 2.70 bits per heavy atom. The third-order valence-electron chi connectivity index (χ3n) is 2.93. The van der Waals surface area contributed by atoms with Crippen LogP contribution in [0.2, 0.25) is 0 Å². The van der Waals surface area contributed by atoms with E-state index in [9.17, 15) is 4.79 Å². The topological polar surface area (TPSA) is 74.5 Å². The zero-order chi connectivity index (χ0) is 17.2. The minimum Gasteiger partial charge on any atom is -0.453 e. The maximum atomic E-state index is 11.4. The summed E-state index contributed by atoms with van der Waals surface area (Å²) in [5.41, 5.74) is 2.00. The first-order valence-corrected chi connectivity index (χ1v) is 9.59. The third kappa shape index (κ3) is 6.27. The summed E-state index contributed by atoms with van der Waals surface area (Å²) >= 11 is 3.08. The highest BCUT2D eigenvalue weighted by Crippen LogP contribution is 2.29. The van der Waals surface area contributed by atoms with Crippen LogP contribution in [0.25, 0.3) is 0 Å². The molecule has 0 aliphatic rings. The zero-order valence-electron chi connectivity index (χ0n) is 13.9. The van der Waals surface area contributed by atoms with Gasteiger partial charge >= 0.3 is 6.09 Å². The first kappa shape index (κ1) is 19.6. The van der Waals surface area contributed by atoms with Gasteiger partial charge in [0.05, 0.1) is 12.8 Å². The second-order valence-electron chi connectivity index (χ2n) is 4.60. The number of ether oxygens (including phenoxy) is 1. The summed E-state index contributed by atoms with van der Waals surface area (Å²) in [6.45, 7) is 4.08. The number of amides is 1. The molecular weight excluding hydrogens is 330 g/mol. The van der Waals surface area contributed by atoms with E-state index in [-0.39, 0.29) is 0 Å². The van der Waals surface area contributed by atoms with Gasteiger partial charge in [0.15, 0.2) is 5.17 Å². The molecule has 0 atom stereocenters. The molecule has 0 aliphatic carbocycles. The van der Waals surface area contributed by atoms with Gasteiger partial charge in [-0.2, -0.15) is 0 Å². The highest BCUT2D eigenvalue weighted by molar-refractivity contribution is 8.13. The van der Waals surface area contributed by atoms with Gasteiger partial charge in [0.2, 0.25) is 0 Å². The van der Waals surface area contributed by atoms with Crippen LogP contribution in [0.5, 0.6) is 0 Å². The molecule has 126 valence electrons. The largest absolute Gasteiger partial charge is 0.453 e. The molecule has 0 heterocycles. The highest BCUT2D eigenvalue weighted by atomic mass is 32.2. The second kappa shape index (κ2) is 10.3. The predicted molar refractivity (Wildman–Crippen MR) is 101 cm³/mol. The maximum Gasteiger partial charge on any atom is 0.412 e. The Labute approximate surface area is 146 Å². The first-order chi connectivity index (χ1) is 11.0. The molecule has 1 aromatic rings. The minimum atomic E-state index is -0.554. The predicted octanol–water partition coefficient (Wildman–Crippen LogP) is 4.67. The van der Waals surface area contributed by atoms with E-state index >= 15 is 0 Å². The van der Waals surface area contributed by atoms with Crippen molar-refractivity contribution in [2.24, 2.45) is 4.99 Å². The highest BCUT2D eigenvalue weighted by Gasteiger charge is 2.11. The molecule has 0 unspecified atom stereocenters. The van der Waals surface area contributed by atoms with Gasteiger partial charge in [0, 0.05) is 16.2 Å². The van der Waals surface area contributed by atoms with Crippen LogP contribution in [0.15, 0.2) is 28.1 Å².